The lowest BCUT2D eigenvalue weighted by atomic mass is 10.1. The fourth-order valence-corrected chi connectivity index (χ4v) is 2.21. The normalized spacial score (nSPS) is 11.7. The van der Waals surface area contributed by atoms with Crippen LogP contribution in [0.15, 0.2) is 24.3 Å². The summed E-state index contributed by atoms with van der Waals surface area (Å²) in [6, 6.07) is 0. The monoisotopic (exact) mass is 278 g/mol. The van der Waals surface area contributed by atoms with Gasteiger partial charge in [0.05, 0.1) is 0 Å². The molecule has 0 amide bonds. The molecule has 0 bridgehead atoms. The second-order valence-electron chi connectivity index (χ2n) is 5.71. The van der Waals surface area contributed by atoms with Crippen LogP contribution in [0.1, 0.15) is 90.9 Å². The lowest BCUT2D eigenvalue weighted by Gasteiger charge is -1.99. The number of hydrogen-bond donors (Lipinski definition) is 0. The number of unbranched alkanes of at least 4 members (excludes halogenated alkanes) is 9. The summed E-state index contributed by atoms with van der Waals surface area (Å²) in [4.78, 5) is 10.8. The van der Waals surface area contributed by atoms with Crippen LogP contribution >= 0.6 is 0 Å². The van der Waals surface area contributed by atoms with Crippen molar-refractivity contribution in [3.63, 3.8) is 0 Å². The first-order valence-electron chi connectivity index (χ1n) is 8.58. The van der Waals surface area contributed by atoms with E-state index >= 15 is 0 Å². The molecular weight excluding hydrogens is 244 g/mol. The minimum Gasteiger partial charge on any atom is -0.300 e. The van der Waals surface area contributed by atoms with Crippen molar-refractivity contribution in [3.05, 3.63) is 24.3 Å². The first kappa shape index (κ1) is 19.1. The largest absolute Gasteiger partial charge is 0.300 e. The summed E-state index contributed by atoms with van der Waals surface area (Å²) in [6.45, 7) is 3.93. The second-order valence-corrected chi connectivity index (χ2v) is 5.71. The molecule has 0 aromatic carbocycles. The minimum atomic E-state index is 0.331. The summed E-state index contributed by atoms with van der Waals surface area (Å²) in [5.41, 5.74) is 0. The third kappa shape index (κ3) is 17.2. The van der Waals surface area contributed by atoms with Gasteiger partial charge in [0, 0.05) is 6.42 Å². The third-order valence-electron chi connectivity index (χ3n) is 3.51. The molecule has 116 valence electrons. The maximum absolute atomic E-state index is 10.8. The summed E-state index contributed by atoms with van der Waals surface area (Å²) in [6.07, 6.45) is 23.6. The molecule has 0 saturated heterocycles. The number of Topliss-reactive ketones (excluding diaryl/α,β-unsaturated/α-hetero) is 1. The van der Waals surface area contributed by atoms with Crippen molar-refractivity contribution in [1.29, 1.82) is 0 Å². The zero-order valence-corrected chi connectivity index (χ0v) is 13.7. The van der Waals surface area contributed by atoms with Crippen molar-refractivity contribution in [2.75, 3.05) is 0 Å². The fraction of sp³-hybridized carbons (Fsp3) is 0.737. The zero-order chi connectivity index (χ0) is 14.9. The number of rotatable bonds is 14. The smallest absolute Gasteiger partial charge is 0.129 e. The molecule has 0 rings (SSSR count). The van der Waals surface area contributed by atoms with Gasteiger partial charge in [0.1, 0.15) is 5.78 Å². The first-order valence-corrected chi connectivity index (χ1v) is 8.58. The van der Waals surface area contributed by atoms with Crippen molar-refractivity contribution in [1.82, 2.24) is 0 Å². The molecule has 0 atom stereocenters. The van der Waals surface area contributed by atoms with Crippen LogP contribution in [0.3, 0.4) is 0 Å². The predicted octanol–water partition coefficient (Wildman–Crippen LogP) is 6.39. The van der Waals surface area contributed by atoms with Crippen LogP contribution in [0.5, 0.6) is 0 Å². The maximum Gasteiger partial charge on any atom is 0.129 e. The Bertz CT molecular complexity index is 263. The van der Waals surface area contributed by atoms with Gasteiger partial charge >= 0.3 is 0 Å². The van der Waals surface area contributed by atoms with Crippen LogP contribution in [0.25, 0.3) is 0 Å². The molecule has 0 unspecified atom stereocenters. The van der Waals surface area contributed by atoms with Crippen molar-refractivity contribution in [2.24, 2.45) is 0 Å². The Morgan fingerprint density at radius 1 is 0.750 bits per heavy atom. The fourth-order valence-electron chi connectivity index (χ4n) is 2.21. The number of carbonyl (C=O) groups excluding carboxylic acids is 1. The zero-order valence-electron chi connectivity index (χ0n) is 13.7. The average Bonchev–Trinajstić information content (AvgIpc) is 2.43. The van der Waals surface area contributed by atoms with Gasteiger partial charge in [-0.15, -0.1) is 0 Å². The van der Waals surface area contributed by atoms with Crippen LogP contribution in [-0.4, -0.2) is 5.78 Å². The SMILES string of the molecule is CCCCC/C=C\C=C\CCCCCCCCC(C)=O. The van der Waals surface area contributed by atoms with Crippen LogP contribution in [-0.2, 0) is 4.79 Å². The molecule has 1 nitrogen and oxygen atoms in total. The molecule has 0 aromatic rings. The highest BCUT2D eigenvalue weighted by Crippen LogP contribution is 2.09. The van der Waals surface area contributed by atoms with E-state index in [0.717, 1.165) is 12.8 Å². The van der Waals surface area contributed by atoms with Gasteiger partial charge in [-0.1, -0.05) is 69.8 Å². The van der Waals surface area contributed by atoms with Crippen molar-refractivity contribution < 1.29 is 4.79 Å². The maximum atomic E-state index is 10.8. The quantitative estimate of drug-likeness (QED) is 0.266. The highest BCUT2D eigenvalue weighted by Gasteiger charge is 1.93. The molecule has 0 heterocycles. The van der Waals surface area contributed by atoms with Gasteiger partial charge in [-0.2, -0.15) is 0 Å². The van der Waals surface area contributed by atoms with Gasteiger partial charge in [0.25, 0.3) is 0 Å². The van der Waals surface area contributed by atoms with Crippen LogP contribution < -0.4 is 0 Å². The molecule has 0 N–H and O–H groups in total. The van der Waals surface area contributed by atoms with E-state index in [4.69, 9.17) is 0 Å². The Balaban J connectivity index is 3.17. The second kappa shape index (κ2) is 16.2. The van der Waals surface area contributed by atoms with Gasteiger partial charge in [-0.25, -0.2) is 0 Å². The van der Waals surface area contributed by atoms with E-state index in [1.165, 1.54) is 64.2 Å². The molecule has 1 heteroatoms. The molecule has 0 aliphatic rings. The van der Waals surface area contributed by atoms with E-state index in [0.29, 0.717) is 5.78 Å². The van der Waals surface area contributed by atoms with E-state index < -0.39 is 0 Å². The summed E-state index contributed by atoms with van der Waals surface area (Å²) < 4.78 is 0. The summed E-state index contributed by atoms with van der Waals surface area (Å²) >= 11 is 0. The Kier molecular flexibility index (Phi) is 15.5. The lowest BCUT2D eigenvalue weighted by molar-refractivity contribution is -0.117. The van der Waals surface area contributed by atoms with Gasteiger partial charge in [0.15, 0.2) is 0 Å². The number of ketones is 1. The van der Waals surface area contributed by atoms with E-state index in [1.807, 2.05) is 0 Å². The summed E-state index contributed by atoms with van der Waals surface area (Å²) in [7, 11) is 0. The molecule has 0 aliphatic heterocycles. The van der Waals surface area contributed by atoms with E-state index in [-0.39, 0.29) is 0 Å². The Hall–Kier alpha value is -0.850. The molecule has 0 spiro atoms. The Morgan fingerprint density at radius 2 is 1.25 bits per heavy atom. The third-order valence-corrected chi connectivity index (χ3v) is 3.51. The van der Waals surface area contributed by atoms with Gasteiger partial charge < -0.3 is 4.79 Å². The molecule has 0 fully saturated rings. The number of allylic oxidation sites excluding steroid dienone is 4. The predicted molar refractivity (Wildman–Crippen MR) is 90.0 cm³/mol. The Morgan fingerprint density at radius 3 is 1.80 bits per heavy atom. The van der Waals surface area contributed by atoms with Crippen molar-refractivity contribution >= 4 is 5.78 Å². The number of carbonyl (C=O) groups is 1. The van der Waals surface area contributed by atoms with Gasteiger partial charge in [-0.05, 0) is 39.0 Å². The van der Waals surface area contributed by atoms with E-state index in [9.17, 15) is 4.79 Å². The van der Waals surface area contributed by atoms with E-state index in [1.54, 1.807) is 6.92 Å². The molecular formula is C19H34O. The highest BCUT2D eigenvalue weighted by atomic mass is 16.1. The van der Waals surface area contributed by atoms with Crippen molar-refractivity contribution in [2.45, 2.75) is 90.9 Å². The average molecular weight is 278 g/mol. The van der Waals surface area contributed by atoms with Gasteiger partial charge in [0.2, 0.25) is 0 Å². The molecule has 0 aliphatic carbocycles. The summed E-state index contributed by atoms with van der Waals surface area (Å²) in [5.74, 6) is 0.331. The standard InChI is InChI=1S/C19H34O/c1-3-4-5-6-7-8-9-10-11-12-13-14-15-16-17-18-19(2)20/h7-10H,3-6,11-18H2,1-2H3/b8-7-,10-9+. The summed E-state index contributed by atoms with van der Waals surface area (Å²) in [5, 5.41) is 0. The molecule has 0 radical (unpaired) electrons. The molecule has 0 aromatic heterocycles. The van der Waals surface area contributed by atoms with Gasteiger partial charge in [-0.3, -0.25) is 0 Å². The van der Waals surface area contributed by atoms with E-state index in [2.05, 4.69) is 31.2 Å². The first-order chi connectivity index (χ1) is 9.77. The van der Waals surface area contributed by atoms with Crippen LogP contribution in [0.2, 0.25) is 0 Å². The Labute approximate surface area is 126 Å². The van der Waals surface area contributed by atoms with Crippen LogP contribution in [0.4, 0.5) is 0 Å². The highest BCUT2D eigenvalue weighted by molar-refractivity contribution is 5.75. The molecule has 0 saturated carbocycles. The molecule has 20 heavy (non-hydrogen) atoms. The number of hydrogen-bond acceptors (Lipinski definition) is 1. The topological polar surface area (TPSA) is 17.1 Å². The van der Waals surface area contributed by atoms with Crippen LogP contribution in [0, 0.1) is 0 Å². The lowest BCUT2D eigenvalue weighted by Crippen LogP contribution is -1.89. The van der Waals surface area contributed by atoms with Crippen molar-refractivity contribution in [3.8, 4) is 0 Å². The minimum absolute atomic E-state index is 0.331.